The Kier molecular flexibility index (Phi) is 6.81. The van der Waals surface area contributed by atoms with Crippen molar-refractivity contribution in [3.63, 3.8) is 0 Å². The van der Waals surface area contributed by atoms with E-state index in [0.717, 1.165) is 21.3 Å². The number of rotatable bonds is 7. The number of halogens is 1. The molecule has 0 bridgehead atoms. The van der Waals surface area contributed by atoms with Crippen LogP contribution >= 0.6 is 15.9 Å². The van der Waals surface area contributed by atoms with Gasteiger partial charge in [-0.2, -0.15) is 5.10 Å². The van der Waals surface area contributed by atoms with Crippen molar-refractivity contribution in [1.29, 1.82) is 0 Å². The second-order valence-corrected chi connectivity index (χ2v) is 6.83. The summed E-state index contributed by atoms with van der Waals surface area (Å²) in [6.45, 7) is 0.474. The third kappa shape index (κ3) is 5.69. The Morgan fingerprint density at radius 2 is 1.79 bits per heavy atom. The molecule has 6 heteroatoms. The van der Waals surface area contributed by atoms with Gasteiger partial charge in [0.1, 0.15) is 18.1 Å². The summed E-state index contributed by atoms with van der Waals surface area (Å²) in [5.41, 5.74) is 4.92. The molecule has 1 amide bonds. The first-order valence-electron chi connectivity index (χ1n) is 8.59. The number of hydrogen-bond acceptors (Lipinski definition) is 4. The molecule has 3 rings (SSSR count). The lowest BCUT2D eigenvalue weighted by Gasteiger charge is -2.07. The van der Waals surface area contributed by atoms with Crippen LogP contribution in [0.5, 0.6) is 11.5 Å². The molecule has 28 heavy (non-hydrogen) atoms. The van der Waals surface area contributed by atoms with Crippen LogP contribution in [0.3, 0.4) is 0 Å². The third-order valence-corrected chi connectivity index (χ3v) is 4.44. The Hall–Kier alpha value is -3.12. The van der Waals surface area contributed by atoms with Crippen LogP contribution < -0.4 is 14.9 Å². The molecule has 3 aromatic rings. The van der Waals surface area contributed by atoms with E-state index >= 15 is 0 Å². The average Bonchev–Trinajstić information content (AvgIpc) is 2.73. The molecule has 0 atom stereocenters. The monoisotopic (exact) mass is 438 g/mol. The number of nitrogens with zero attached hydrogens (tertiary/aromatic N) is 1. The van der Waals surface area contributed by atoms with Gasteiger partial charge in [-0.05, 0) is 59.7 Å². The highest BCUT2D eigenvalue weighted by Crippen LogP contribution is 2.16. The van der Waals surface area contributed by atoms with Crippen LogP contribution in [0.4, 0.5) is 0 Å². The number of hydrazone groups is 1. The molecular formula is C22H19BrN2O3. The van der Waals surface area contributed by atoms with E-state index in [1.807, 2.05) is 48.5 Å². The van der Waals surface area contributed by atoms with E-state index in [2.05, 4.69) is 26.5 Å². The highest BCUT2D eigenvalue weighted by molar-refractivity contribution is 9.10. The van der Waals surface area contributed by atoms with Crippen molar-refractivity contribution in [1.82, 2.24) is 5.43 Å². The second kappa shape index (κ2) is 9.71. The summed E-state index contributed by atoms with van der Waals surface area (Å²) in [7, 11) is 1.58. The Bertz CT molecular complexity index is 954. The summed E-state index contributed by atoms with van der Waals surface area (Å²) in [6, 6.07) is 22.3. The number of amides is 1. The molecular weight excluding hydrogens is 420 g/mol. The minimum Gasteiger partial charge on any atom is -0.497 e. The predicted molar refractivity (Wildman–Crippen MR) is 113 cm³/mol. The van der Waals surface area contributed by atoms with Crippen LogP contribution in [0, 0.1) is 0 Å². The summed E-state index contributed by atoms with van der Waals surface area (Å²) in [5.74, 6) is 1.13. The van der Waals surface area contributed by atoms with Crippen molar-refractivity contribution in [2.75, 3.05) is 7.11 Å². The summed E-state index contributed by atoms with van der Waals surface area (Å²) >= 11 is 3.42. The van der Waals surface area contributed by atoms with Crippen LogP contribution in [-0.2, 0) is 6.61 Å². The Morgan fingerprint density at radius 1 is 1.04 bits per heavy atom. The summed E-state index contributed by atoms with van der Waals surface area (Å²) < 4.78 is 11.9. The number of nitrogens with one attached hydrogen (secondary N) is 1. The molecule has 0 unspecified atom stereocenters. The maximum Gasteiger partial charge on any atom is 0.271 e. The van der Waals surface area contributed by atoms with E-state index in [1.165, 1.54) is 0 Å². The van der Waals surface area contributed by atoms with Gasteiger partial charge in [-0.3, -0.25) is 4.79 Å². The maximum absolute atomic E-state index is 12.1. The topological polar surface area (TPSA) is 59.9 Å². The van der Waals surface area contributed by atoms with Crippen molar-refractivity contribution in [3.8, 4) is 11.5 Å². The molecule has 142 valence electrons. The van der Waals surface area contributed by atoms with Gasteiger partial charge >= 0.3 is 0 Å². The van der Waals surface area contributed by atoms with E-state index in [1.54, 1.807) is 37.6 Å². The summed E-state index contributed by atoms with van der Waals surface area (Å²) in [4.78, 5) is 12.1. The molecule has 0 fully saturated rings. The minimum atomic E-state index is -0.290. The number of methoxy groups -OCH3 is 1. The van der Waals surface area contributed by atoms with Gasteiger partial charge in [0.25, 0.3) is 5.91 Å². The van der Waals surface area contributed by atoms with Gasteiger partial charge in [0, 0.05) is 10.0 Å². The first-order valence-corrected chi connectivity index (χ1v) is 9.38. The molecule has 0 radical (unpaired) electrons. The third-order valence-electron chi connectivity index (χ3n) is 3.91. The molecule has 0 aromatic heterocycles. The fraction of sp³-hybridized carbons (Fsp3) is 0.0909. The van der Waals surface area contributed by atoms with Gasteiger partial charge in [-0.25, -0.2) is 5.43 Å². The van der Waals surface area contributed by atoms with Crippen molar-refractivity contribution in [2.24, 2.45) is 5.10 Å². The standard InChI is InChI=1S/C22H19BrN2O3/c1-27-20-11-7-18(8-12-20)22(26)25-24-14-17-3-2-4-21(13-17)28-15-16-5-9-19(23)10-6-16/h2-14H,15H2,1H3,(H,25,26)/b24-14-. The number of ether oxygens (including phenoxy) is 2. The Labute approximate surface area is 172 Å². The lowest BCUT2D eigenvalue weighted by Crippen LogP contribution is -2.17. The van der Waals surface area contributed by atoms with Crippen molar-refractivity contribution >= 4 is 28.1 Å². The Morgan fingerprint density at radius 3 is 2.50 bits per heavy atom. The quantitative estimate of drug-likeness (QED) is 0.425. The van der Waals surface area contributed by atoms with Crippen LogP contribution in [0.1, 0.15) is 21.5 Å². The van der Waals surface area contributed by atoms with Gasteiger partial charge in [-0.15, -0.1) is 0 Å². The lowest BCUT2D eigenvalue weighted by atomic mass is 10.2. The van der Waals surface area contributed by atoms with E-state index < -0.39 is 0 Å². The molecule has 0 spiro atoms. The summed E-state index contributed by atoms with van der Waals surface area (Å²) in [6.07, 6.45) is 1.58. The highest BCUT2D eigenvalue weighted by atomic mass is 79.9. The lowest BCUT2D eigenvalue weighted by molar-refractivity contribution is 0.0955. The van der Waals surface area contributed by atoms with Crippen LogP contribution in [0.15, 0.2) is 82.4 Å². The SMILES string of the molecule is COc1ccc(C(=O)N/N=C\c2cccc(OCc3ccc(Br)cc3)c2)cc1. The first-order chi connectivity index (χ1) is 13.6. The molecule has 0 aliphatic heterocycles. The van der Waals surface area contributed by atoms with Gasteiger partial charge in [-0.1, -0.05) is 40.2 Å². The molecule has 1 N–H and O–H groups in total. The minimum absolute atomic E-state index is 0.290. The summed E-state index contributed by atoms with van der Waals surface area (Å²) in [5, 5.41) is 4.01. The van der Waals surface area contributed by atoms with Gasteiger partial charge in [0.15, 0.2) is 0 Å². The number of hydrogen-bond donors (Lipinski definition) is 1. The van der Waals surface area contributed by atoms with Crippen LogP contribution in [0.25, 0.3) is 0 Å². The smallest absolute Gasteiger partial charge is 0.271 e. The molecule has 0 aliphatic carbocycles. The van der Waals surface area contributed by atoms with E-state index in [9.17, 15) is 4.79 Å². The zero-order chi connectivity index (χ0) is 19.8. The first kappa shape index (κ1) is 19.6. The maximum atomic E-state index is 12.1. The average molecular weight is 439 g/mol. The molecule has 0 heterocycles. The highest BCUT2D eigenvalue weighted by Gasteiger charge is 2.04. The van der Waals surface area contributed by atoms with E-state index in [-0.39, 0.29) is 5.91 Å². The molecule has 3 aromatic carbocycles. The largest absolute Gasteiger partial charge is 0.497 e. The predicted octanol–water partition coefficient (Wildman–Crippen LogP) is 4.80. The molecule has 0 aliphatic rings. The number of carbonyl (C=O) groups excluding carboxylic acids is 1. The molecule has 5 nitrogen and oxygen atoms in total. The van der Waals surface area contributed by atoms with Crippen molar-refractivity contribution in [2.45, 2.75) is 6.61 Å². The van der Waals surface area contributed by atoms with Gasteiger partial charge < -0.3 is 9.47 Å². The normalized spacial score (nSPS) is 10.6. The van der Waals surface area contributed by atoms with Crippen LogP contribution in [0.2, 0.25) is 0 Å². The van der Waals surface area contributed by atoms with E-state index in [0.29, 0.717) is 17.9 Å². The second-order valence-electron chi connectivity index (χ2n) is 5.92. The number of carbonyl (C=O) groups is 1. The fourth-order valence-corrected chi connectivity index (χ4v) is 2.67. The van der Waals surface area contributed by atoms with Gasteiger partial charge in [0.05, 0.1) is 13.3 Å². The zero-order valence-electron chi connectivity index (χ0n) is 15.3. The molecule has 0 saturated heterocycles. The van der Waals surface area contributed by atoms with Crippen molar-refractivity contribution < 1.29 is 14.3 Å². The zero-order valence-corrected chi connectivity index (χ0v) is 16.8. The fourth-order valence-electron chi connectivity index (χ4n) is 2.40. The van der Waals surface area contributed by atoms with Crippen LogP contribution in [-0.4, -0.2) is 19.2 Å². The molecule has 0 saturated carbocycles. The van der Waals surface area contributed by atoms with Crippen molar-refractivity contribution in [3.05, 3.63) is 94.0 Å². The Balaban J connectivity index is 1.55. The van der Waals surface area contributed by atoms with E-state index in [4.69, 9.17) is 9.47 Å². The number of benzene rings is 3. The van der Waals surface area contributed by atoms with Gasteiger partial charge in [0.2, 0.25) is 0 Å².